The number of amides is 1. The first-order chi connectivity index (χ1) is 15.1. The number of fused-ring (bicyclic) bond motifs is 3. The Bertz CT molecular complexity index is 1190. The van der Waals surface area contributed by atoms with Gasteiger partial charge in [0.2, 0.25) is 5.91 Å². The number of benzene rings is 1. The third-order valence-corrected chi connectivity index (χ3v) is 6.97. The number of nitrogens with one attached hydrogen (secondary N) is 1. The third kappa shape index (κ3) is 4.50. The Morgan fingerprint density at radius 1 is 1.13 bits per heavy atom. The first-order valence-electron chi connectivity index (χ1n) is 10.7. The van der Waals surface area contributed by atoms with Crippen molar-refractivity contribution >= 4 is 27.5 Å². The molecule has 0 aliphatic heterocycles. The smallest absolute Gasteiger partial charge is 0.332 e. The summed E-state index contributed by atoms with van der Waals surface area (Å²) in [6, 6.07) is 9.72. The lowest BCUT2D eigenvalue weighted by Gasteiger charge is -2.13. The topological polar surface area (TPSA) is 82.3 Å². The summed E-state index contributed by atoms with van der Waals surface area (Å²) < 4.78 is 7.74. The van der Waals surface area contributed by atoms with Crippen molar-refractivity contribution in [2.75, 3.05) is 20.3 Å². The molecule has 0 fully saturated rings. The van der Waals surface area contributed by atoms with Gasteiger partial charge >= 0.3 is 5.69 Å². The number of aromatic nitrogens is 2. The van der Waals surface area contributed by atoms with Crippen LogP contribution in [0.15, 0.2) is 39.9 Å². The Hall–Kier alpha value is -2.71. The van der Waals surface area contributed by atoms with E-state index in [1.54, 1.807) is 23.0 Å². The summed E-state index contributed by atoms with van der Waals surface area (Å²) in [4.78, 5) is 41.1. The zero-order valence-corrected chi connectivity index (χ0v) is 18.5. The second-order valence-corrected chi connectivity index (χ2v) is 8.92. The fraction of sp³-hybridized carbons (Fsp3) is 0.435. The van der Waals surface area contributed by atoms with Crippen LogP contribution >= 0.6 is 11.3 Å². The number of carbonyl (C=O) groups is 1. The lowest BCUT2D eigenvalue weighted by atomic mass is 9.97. The summed E-state index contributed by atoms with van der Waals surface area (Å²) in [6.07, 6.45) is 4.59. The molecule has 0 atom stereocenters. The lowest BCUT2D eigenvalue weighted by molar-refractivity contribution is -0.121. The summed E-state index contributed by atoms with van der Waals surface area (Å²) in [5, 5.41) is 3.38. The van der Waals surface area contributed by atoms with Crippen LogP contribution in [-0.4, -0.2) is 35.3 Å². The highest BCUT2D eigenvalue weighted by Crippen LogP contribution is 2.34. The van der Waals surface area contributed by atoms with Gasteiger partial charge in [-0.2, -0.15) is 0 Å². The van der Waals surface area contributed by atoms with Crippen molar-refractivity contribution in [1.29, 1.82) is 0 Å². The van der Waals surface area contributed by atoms with Crippen molar-refractivity contribution in [3.8, 4) is 0 Å². The number of methoxy groups -OCH3 is 1. The number of hydrogen-bond donors (Lipinski definition) is 1. The van der Waals surface area contributed by atoms with Crippen molar-refractivity contribution in [3.05, 3.63) is 67.2 Å². The van der Waals surface area contributed by atoms with Crippen molar-refractivity contribution < 1.29 is 9.53 Å². The van der Waals surface area contributed by atoms with Gasteiger partial charge in [0.15, 0.2) is 0 Å². The van der Waals surface area contributed by atoms with Crippen LogP contribution in [0.1, 0.15) is 35.3 Å². The molecule has 4 rings (SSSR count). The predicted molar refractivity (Wildman–Crippen MR) is 122 cm³/mol. The van der Waals surface area contributed by atoms with Gasteiger partial charge < -0.3 is 10.1 Å². The van der Waals surface area contributed by atoms with E-state index in [4.69, 9.17) is 4.74 Å². The number of aryl methyl sites for hydroxylation is 2. The Kier molecular flexibility index (Phi) is 6.67. The van der Waals surface area contributed by atoms with Crippen molar-refractivity contribution in [2.45, 2.75) is 45.2 Å². The monoisotopic (exact) mass is 441 g/mol. The molecule has 2 aromatic heterocycles. The third-order valence-electron chi connectivity index (χ3n) is 5.65. The maximum absolute atomic E-state index is 13.4. The molecule has 0 radical (unpaired) electrons. The zero-order chi connectivity index (χ0) is 21.8. The summed E-state index contributed by atoms with van der Waals surface area (Å²) in [5.74, 6) is -0.343. The summed E-state index contributed by atoms with van der Waals surface area (Å²) in [6.45, 7) is 1.07. The molecule has 0 saturated carbocycles. The second kappa shape index (κ2) is 9.62. The minimum absolute atomic E-state index is 0.278. The molecule has 3 aromatic rings. The first-order valence-corrected chi connectivity index (χ1v) is 11.5. The molecule has 0 bridgehead atoms. The molecule has 7 nitrogen and oxygen atoms in total. The molecule has 1 aromatic carbocycles. The van der Waals surface area contributed by atoms with E-state index >= 15 is 0 Å². The van der Waals surface area contributed by atoms with Gasteiger partial charge in [0.25, 0.3) is 5.56 Å². The number of nitrogens with zero attached hydrogens (tertiary/aromatic N) is 2. The van der Waals surface area contributed by atoms with Gasteiger partial charge in [0.05, 0.1) is 11.9 Å². The number of carbonyl (C=O) groups excluding carboxylic acids is 1. The fourth-order valence-corrected chi connectivity index (χ4v) is 5.48. The molecule has 0 unspecified atom stereocenters. The van der Waals surface area contributed by atoms with Crippen molar-refractivity contribution in [3.63, 3.8) is 0 Å². The molecule has 0 spiro atoms. The molecule has 0 saturated heterocycles. The number of hydrogen-bond acceptors (Lipinski definition) is 5. The van der Waals surface area contributed by atoms with Crippen LogP contribution in [-0.2, 0) is 35.5 Å². The maximum atomic E-state index is 13.4. The van der Waals surface area contributed by atoms with Gasteiger partial charge in [-0.15, -0.1) is 11.3 Å². The molecule has 1 N–H and O–H groups in total. The normalized spacial score (nSPS) is 13.3. The first kappa shape index (κ1) is 21.5. The average Bonchev–Trinajstić information content (AvgIpc) is 3.17. The highest BCUT2D eigenvalue weighted by atomic mass is 32.1. The molecule has 31 heavy (non-hydrogen) atoms. The summed E-state index contributed by atoms with van der Waals surface area (Å²) in [7, 11) is 1.60. The van der Waals surface area contributed by atoms with Gasteiger partial charge in [-0.1, -0.05) is 30.3 Å². The second-order valence-electron chi connectivity index (χ2n) is 7.83. The summed E-state index contributed by atoms with van der Waals surface area (Å²) >= 11 is 1.56. The average molecular weight is 442 g/mol. The minimum atomic E-state index is -0.438. The van der Waals surface area contributed by atoms with E-state index in [1.165, 1.54) is 4.88 Å². The quantitative estimate of drug-likeness (QED) is 0.544. The molecule has 1 amide bonds. The number of ether oxygens (including phenoxy) is 1. The van der Waals surface area contributed by atoms with Gasteiger partial charge in [0, 0.05) is 25.1 Å². The Morgan fingerprint density at radius 2 is 1.90 bits per heavy atom. The molecule has 1 aliphatic carbocycles. The molecule has 1 aliphatic rings. The van der Waals surface area contributed by atoms with Crippen LogP contribution in [0.25, 0.3) is 10.2 Å². The Balaban J connectivity index is 1.77. The predicted octanol–water partition coefficient (Wildman–Crippen LogP) is 2.30. The highest BCUT2D eigenvalue weighted by molar-refractivity contribution is 7.18. The van der Waals surface area contributed by atoms with Gasteiger partial charge in [-0.25, -0.2) is 4.79 Å². The summed E-state index contributed by atoms with van der Waals surface area (Å²) in [5.41, 5.74) is 1.25. The van der Waals surface area contributed by atoms with E-state index in [1.807, 2.05) is 30.3 Å². The largest absolute Gasteiger partial charge is 0.385 e. The number of rotatable bonds is 8. The molecular weight excluding hydrogens is 414 g/mol. The van der Waals surface area contributed by atoms with Crippen LogP contribution in [0.5, 0.6) is 0 Å². The molecule has 2 heterocycles. The van der Waals surface area contributed by atoms with Crippen LogP contribution in [0, 0.1) is 0 Å². The fourth-order valence-electron chi connectivity index (χ4n) is 4.11. The van der Waals surface area contributed by atoms with E-state index in [0.717, 1.165) is 46.2 Å². The van der Waals surface area contributed by atoms with Gasteiger partial charge in [0.1, 0.15) is 11.4 Å². The molecular formula is C23H27N3O4S. The maximum Gasteiger partial charge on any atom is 0.332 e. The van der Waals surface area contributed by atoms with E-state index < -0.39 is 5.69 Å². The van der Waals surface area contributed by atoms with E-state index in [0.29, 0.717) is 31.5 Å². The molecule has 8 heteroatoms. The molecule has 164 valence electrons. The van der Waals surface area contributed by atoms with Crippen molar-refractivity contribution in [2.24, 2.45) is 0 Å². The van der Waals surface area contributed by atoms with E-state index in [9.17, 15) is 14.4 Å². The van der Waals surface area contributed by atoms with Crippen molar-refractivity contribution in [1.82, 2.24) is 14.5 Å². The van der Waals surface area contributed by atoms with Gasteiger partial charge in [-0.05, 0) is 43.2 Å². The van der Waals surface area contributed by atoms with Crippen LogP contribution in [0.4, 0.5) is 0 Å². The minimum Gasteiger partial charge on any atom is -0.385 e. The Labute approximate surface area is 184 Å². The highest BCUT2D eigenvalue weighted by Gasteiger charge is 2.24. The zero-order valence-electron chi connectivity index (χ0n) is 17.7. The van der Waals surface area contributed by atoms with E-state index in [2.05, 4.69) is 5.32 Å². The van der Waals surface area contributed by atoms with Crippen LogP contribution in [0.2, 0.25) is 0 Å². The van der Waals surface area contributed by atoms with Gasteiger partial charge in [-0.3, -0.25) is 18.7 Å². The lowest BCUT2D eigenvalue weighted by Crippen LogP contribution is -2.44. The van der Waals surface area contributed by atoms with Crippen LogP contribution in [0.3, 0.4) is 0 Å². The standard InChI is InChI=1S/C23H27N3O4S/c1-30-13-7-12-24-19(27)15-25-21(28)20-17-10-5-6-11-18(17)31-22(20)26(23(25)29)14-16-8-3-2-4-9-16/h2-4,8-9H,5-7,10-15H2,1H3,(H,24,27). The van der Waals surface area contributed by atoms with E-state index in [-0.39, 0.29) is 18.0 Å². The SMILES string of the molecule is COCCCNC(=O)Cn1c(=O)c2c3c(sc2n(Cc2ccccc2)c1=O)CCCC3. The van der Waals surface area contributed by atoms with Crippen LogP contribution < -0.4 is 16.6 Å². The Morgan fingerprint density at radius 3 is 2.68 bits per heavy atom. The number of thiophene rings is 1.